The van der Waals surface area contributed by atoms with Gasteiger partial charge in [-0.25, -0.2) is 4.79 Å². The van der Waals surface area contributed by atoms with Crippen LogP contribution in [0.5, 0.6) is 0 Å². The number of amides is 1. The fourth-order valence-corrected chi connectivity index (χ4v) is 2.52. The Bertz CT molecular complexity index is 483. The predicted molar refractivity (Wildman–Crippen MR) is 98.1 cm³/mol. The van der Waals surface area contributed by atoms with Crippen molar-refractivity contribution in [1.82, 2.24) is 10.6 Å². The first-order chi connectivity index (χ1) is 10.7. The smallest absolute Gasteiger partial charge is 0.407 e. The van der Waals surface area contributed by atoms with Gasteiger partial charge >= 0.3 is 6.09 Å². The van der Waals surface area contributed by atoms with Crippen LogP contribution < -0.4 is 10.6 Å². The summed E-state index contributed by atoms with van der Waals surface area (Å²) in [4.78, 5) is 13.0. The minimum Gasteiger partial charge on any atom is -0.444 e. The Hall–Kier alpha value is -1.20. The molecule has 0 aliphatic carbocycles. The van der Waals surface area contributed by atoms with E-state index >= 15 is 0 Å². The molecule has 2 atom stereocenters. The molecule has 130 valence electrons. The first-order valence-corrected chi connectivity index (χ1v) is 9.30. The van der Waals surface area contributed by atoms with Gasteiger partial charge in [-0.3, -0.25) is 0 Å². The molecule has 0 saturated carbocycles. The molecule has 1 rings (SSSR count). The van der Waals surface area contributed by atoms with Crippen molar-refractivity contribution >= 4 is 17.9 Å². The molecule has 0 bridgehead atoms. The standard InChI is InChI=1S/C18H30N2O2S/c1-13(20-17(21)22-18(3,4)5)11-12-19-14(2)15-7-9-16(23-6)10-8-15/h7-10,13-14,19H,11-12H2,1-6H3,(H,20,21). The highest BCUT2D eigenvalue weighted by Crippen LogP contribution is 2.18. The lowest BCUT2D eigenvalue weighted by Crippen LogP contribution is -2.39. The first kappa shape index (κ1) is 19.8. The number of carbonyl (C=O) groups is 1. The van der Waals surface area contributed by atoms with Gasteiger partial charge in [-0.2, -0.15) is 0 Å². The summed E-state index contributed by atoms with van der Waals surface area (Å²) in [5.41, 5.74) is 0.815. The van der Waals surface area contributed by atoms with E-state index in [1.54, 1.807) is 11.8 Å². The molecule has 0 radical (unpaired) electrons. The van der Waals surface area contributed by atoms with Gasteiger partial charge in [0, 0.05) is 17.0 Å². The van der Waals surface area contributed by atoms with E-state index in [1.807, 2.05) is 27.7 Å². The second-order valence-electron chi connectivity index (χ2n) is 6.78. The van der Waals surface area contributed by atoms with Gasteiger partial charge in [0.1, 0.15) is 5.60 Å². The Balaban J connectivity index is 2.30. The Kier molecular flexibility index (Phi) is 7.92. The Morgan fingerprint density at radius 3 is 2.35 bits per heavy atom. The zero-order chi connectivity index (χ0) is 17.5. The Morgan fingerprint density at radius 1 is 1.22 bits per heavy atom. The molecule has 0 spiro atoms. The van der Waals surface area contributed by atoms with Crippen LogP contribution in [0.25, 0.3) is 0 Å². The molecule has 23 heavy (non-hydrogen) atoms. The van der Waals surface area contributed by atoms with Crippen molar-refractivity contribution in [2.45, 2.75) is 63.6 Å². The van der Waals surface area contributed by atoms with E-state index in [9.17, 15) is 4.79 Å². The van der Waals surface area contributed by atoms with E-state index in [2.05, 4.69) is 48.1 Å². The quantitative estimate of drug-likeness (QED) is 0.725. The maximum atomic E-state index is 11.7. The van der Waals surface area contributed by atoms with Crippen LogP contribution >= 0.6 is 11.8 Å². The van der Waals surface area contributed by atoms with Gasteiger partial charge in [0.15, 0.2) is 0 Å². The summed E-state index contributed by atoms with van der Waals surface area (Å²) in [5, 5.41) is 6.35. The average Bonchev–Trinajstić information content (AvgIpc) is 2.45. The highest BCUT2D eigenvalue weighted by molar-refractivity contribution is 7.98. The number of hydrogen-bond donors (Lipinski definition) is 2. The van der Waals surface area contributed by atoms with E-state index < -0.39 is 5.60 Å². The minimum absolute atomic E-state index is 0.0726. The van der Waals surface area contributed by atoms with E-state index in [4.69, 9.17) is 4.74 Å². The summed E-state index contributed by atoms with van der Waals surface area (Å²) in [6.07, 6.45) is 2.58. The third-order valence-corrected chi connectivity index (χ3v) is 4.15. The van der Waals surface area contributed by atoms with Crippen LogP contribution in [0.15, 0.2) is 29.2 Å². The van der Waals surface area contributed by atoms with Crippen LogP contribution in [0.2, 0.25) is 0 Å². The van der Waals surface area contributed by atoms with Crippen molar-refractivity contribution in [3.05, 3.63) is 29.8 Å². The molecule has 2 N–H and O–H groups in total. The SMILES string of the molecule is CSc1ccc(C(C)NCCC(C)NC(=O)OC(C)(C)C)cc1. The minimum atomic E-state index is -0.459. The monoisotopic (exact) mass is 338 g/mol. The summed E-state index contributed by atoms with van der Waals surface area (Å²) in [6, 6.07) is 8.97. The molecule has 2 unspecified atom stereocenters. The van der Waals surface area contributed by atoms with E-state index in [0.29, 0.717) is 6.04 Å². The number of benzene rings is 1. The Morgan fingerprint density at radius 2 is 1.83 bits per heavy atom. The molecule has 1 amide bonds. The summed E-state index contributed by atoms with van der Waals surface area (Å²) in [6.45, 7) is 10.6. The van der Waals surface area contributed by atoms with Crippen LogP contribution in [0.4, 0.5) is 4.79 Å². The van der Waals surface area contributed by atoms with Crippen LogP contribution in [-0.4, -0.2) is 30.5 Å². The zero-order valence-electron chi connectivity index (χ0n) is 15.1. The number of carbonyl (C=O) groups excluding carboxylic acids is 1. The number of alkyl carbamates (subject to hydrolysis) is 1. The summed E-state index contributed by atoms with van der Waals surface area (Å²) >= 11 is 1.75. The van der Waals surface area contributed by atoms with Crippen molar-refractivity contribution in [3.8, 4) is 0 Å². The van der Waals surface area contributed by atoms with Gasteiger partial charge < -0.3 is 15.4 Å². The third kappa shape index (κ3) is 8.28. The number of thioether (sulfide) groups is 1. The van der Waals surface area contributed by atoms with Gasteiger partial charge in [-0.1, -0.05) is 12.1 Å². The number of ether oxygens (including phenoxy) is 1. The molecule has 1 aromatic rings. The van der Waals surface area contributed by atoms with E-state index in [1.165, 1.54) is 10.5 Å². The van der Waals surface area contributed by atoms with Crippen molar-refractivity contribution in [3.63, 3.8) is 0 Å². The van der Waals surface area contributed by atoms with Gasteiger partial charge in [-0.05, 0) is 71.5 Å². The van der Waals surface area contributed by atoms with Gasteiger partial charge in [0.05, 0.1) is 0 Å². The van der Waals surface area contributed by atoms with Crippen molar-refractivity contribution in [1.29, 1.82) is 0 Å². The first-order valence-electron chi connectivity index (χ1n) is 8.08. The topological polar surface area (TPSA) is 50.4 Å². The molecule has 0 fully saturated rings. The third-order valence-electron chi connectivity index (χ3n) is 3.41. The number of nitrogens with one attached hydrogen (secondary N) is 2. The van der Waals surface area contributed by atoms with Crippen LogP contribution in [-0.2, 0) is 4.74 Å². The molecule has 5 heteroatoms. The second kappa shape index (κ2) is 9.18. The average molecular weight is 339 g/mol. The molecular weight excluding hydrogens is 308 g/mol. The molecule has 0 saturated heterocycles. The lowest BCUT2D eigenvalue weighted by molar-refractivity contribution is 0.0506. The maximum absolute atomic E-state index is 11.7. The van der Waals surface area contributed by atoms with Crippen LogP contribution in [0.3, 0.4) is 0 Å². The molecule has 0 aromatic heterocycles. The van der Waals surface area contributed by atoms with Crippen molar-refractivity contribution < 1.29 is 9.53 Å². The van der Waals surface area contributed by atoms with Crippen LogP contribution in [0.1, 0.15) is 52.6 Å². The lowest BCUT2D eigenvalue weighted by Gasteiger charge is -2.22. The fraction of sp³-hybridized carbons (Fsp3) is 0.611. The largest absolute Gasteiger partial charge is 0.444 e. The summed E-state index contributed by atoms with van der Waals surface area (Å²) in [5.74, 6) is 0. The van der Waals surface area contributed by atoms with Crippen molar-refractivity contribution in [2.75, 3.05) is 12.8 Å². The van der Waals surface area contributed by atoms with Crippen molar-refractivity contribution in [2.24, 2.45) is 0 Å². The lowest BCUT2D eigenvalue weighted by atomic mass is 10.1. The van der Waals surface area contributed by atoms with Gasteiger partial charge in [-0.15, -0.1) is 11.8 Å². The van der Waals surface area contributed by atoms with E-state index in [-0.39, 0.29) is 12.1 Å². The molecule has 4 nitrogen and oxygen atoms in total. The molecule has 1 aromatic carbocycles. The maximum Gasteiger partial charge on any atom is 0.407 e. The van der Waals surface area contributed by atoms with E-state index in [0.717, 1.165) is 13.0 Å². The molecule has 0 heterocycles. The normalized spacial score (nSPS) is 14.2. The highest BCUT2D eigenvalue weighted by Gasteiger charge is 2.17. The predicted octanol–water partition coefficient (Wildman–Crippen LogP) is 4.36. The summed E-state index contributed by atoms with van der Waals surface area (Å²) in [7, 11) is 0. The number of rotatable bonds is 7. The van der Waals surface area contributed by atoms with Gasteiger partial charge in [0.2, 0.25) is 0 Å². The highest BCUT2D eigenvalue weighted by atomic mass is 32.2. The van der Waals surface area contributed by atoms with Gasteiger partial charge in [0.25, 0.3) is 0 Å². The van der Waals surface area contributed by atoms with Crippen LogP contribution in [0, 0.1) is 0 Å². The zero-order valence-corrected chi connectivity index (χ0v) is 15.9. The molecule has 0 aliphatic heterocycles. The Labute approximate surface area is 144 Å². The second-order valence-corrected chi connectivity index (χ2v) is 7.66. The summed E-state index contributed by atoms with van der Waals surface area (Å²) < 4.78 is 5.25. The number of hydrogen-bond acceptors (Lipinski definition) is 4. The molecule has 0 aliphatic rings. The molecular formula is C18H30N2O2S. The fourth-order valence-electron chi connectivity index (χ4n) is 2.11.